The number of fused-ring (bicyclic) bond motifs is 3. The van der Waals surface area contributed by atoms with Gasteiger partial charge in [-0.3, -0.25) is 4.79 Å². The first-order valence-corrected chi connectivity index (χ1v) is 7.51. The van der Waals surface area contributed by atoms with Crippen molar-refractivity contribution in [1.82, 2.24) is 0 Å². The van der Waals surface area contributed by atoms with Crippen LogP contribution >= 0.6 is 0 Å². The molecule has 5 atom stereocenters. The van der Waals surface area contributed by atoms with Crippen LogP contribution in [0.15, 0.2) is 23.3 Å². The second-order valence-electron chi connectivity index (χ2n) is 6.19. The maximum absolute atomic E-state index is 11.9. The molecule has 22 heavy (non-hydrogen) atoms. The van der Waals surface area contributed by atoms with Crippen molar-refractivity contribution >= 4 is 11.9 Å². The molecule has 0 radical (unpaired) electrons. The number of ether oxygens (including phenoxy) is 2. The van der Waals surface area contributed by atoms with Crippen molar-refractivity contribution in [3.8, 4) is 0 Å². The Morgan fingerprint density at radius 3 is 2.86 bits per heavy atom. The van der Waals surface area contributed by atoms with Crippen LogP contribution in [0.1, 0.15) is 26.2 Å². The molecule has 120 valence electrons. The summed E-state index contributed by atoms with van der Waals surface area (Å²) in [4.78, 5) is 23.1. The highest BCUT2D eigenvalue weighted by Crippen LogP contribution is 2.49. The van der Waals surface area contributed by atoms with Crippen molar-refractivity contribution in [2.45, 2.75) is 44.5 Å². The van der Waals surface area contributed by atoms with Crippen LogP contribution in [0, 0.1) is 11.8 Å². The summed E-state index contributed by atoms with van der Waals surface area (Å²) in [5, 5.41) is 19.7. The highest BCUT2D eigenvalue weighted by molar-refractivity contribution is 5.92. The van der Waals surface area contributed by atoms with E-state index in [0.29, 0.717) is 30.4 Å². The number of aliphatic hydroxyl groups excluding tert-OH is 2. The third-order valence-corrected chi connectivity index (χ3v) is 5.00. The smallest absolute Gasteiger partial charge is 0.337 e. The molecule has 0 spiro atoms. The molecule has 0 aromatic heterocycles. The van der Waals surface area contributed by atoms with E-state index in [4.69, 9.17) is 9.47 Å². The molecule has 1 aliphatic heterocycles. The monoisotopic (exact) mass is 308 g/mol. The average Bonchev–Trinajstić information content (AvgIpc) is 2.78. The van der Waals surface area contributed by atoms with Gasteiger partial charge in [-0.05, 0) is 29.9 Å². The van der Waals surface area contributed by atoms with Crippen molar-refractivity contribution in [1.29, 1.82) is 0 Å². The van der Waals surface area contributed by atoms with Crippen molar-refractivity contribution < 1.29 is 29.3 Å². The Kier molecular flexibility index (Phi) is 3.82. The summed E-state index contributed by atoms with van der Waals surface area (Å²) in [6.07, 6.45) is -0.0524. The second kappa shape index (κ2) is 5.52. The van der Waals surface area contributed by atoms with E-state index in [9.17, 15) is 19.8 Å². The van der Waals surface area contributed by atoms with Gasteiger partial charge < -0.3 is 19.7 Å². The lowest BCUT2D eigenvalue weighted by atomic mass is 9.63. The molecule has 6 nitrogen and oxygen atoms in total. The molecule has 2 saturated carbocycles. The number of rotatable bonds is 2. The van der Waals surface area contributed by atoms with Gasteiger partial charge in [-0.1, -0.05) is 6.58 Å². The van der Waals surface area contributed by atoms with Crippen LogP contribution in [0.4, 0.5) is 0 Å². The third kappa shape index (κ3) is 2.27. The second-order valence-corrected chi connectivity index (χ2v) is 6.19. The van der Waals surface area contributed by atoms with Crippen LogP contribution in [0.5, 0.6) is 0 Å². The predicted octanol–water partition coefficient (Wildman–Crippen LogP) is 0.479. The zero-order valence-corrected chi connectivity index (χ0v) is 12.4. The maximum Gasteiger partial charge on any atom is 0.337 e. The number of esters is 2. The fourth-order valence-electron chi connectivity index (χ4n) is 4.02. The lowest BCUT2D eigenvalue weighted by Gasteiger charge is -2.46. The Balaban J connectivity index is 1.92. The molecule has 6 heteroatoms. The van der Waals surface area contributed by atoms with Gasteiger partial charge in [0.25, 0.3) is 0 Å². The number of hydrogen-bond acceptors (Lipinski definition) is 6. The van der Waals surface area contributed by atoms with E-state index in [1.807, 2.05) is 0 Å². The van der Waals surface area contributed by atoms with Gasteiger partial charge in [0.15, 0.2) is 0 Å². The summed E-state index contributed by atoms with van der Waals surface area (Å²) in [5.74, 6) is -1.27. The van der Waals surface area contributed by atoms with Crippen molar-refractivity contribution in [3.05, 3.63) is 23.3 Å². The number of hydrogen-bond donors (Lipinski definition) is 2. The summed E-state index contributed by atoms with van der Waals surface area (Å²) in [7, 11) is 0. The van der Waals surface area contributed by atoms with Gasteiger partial charge in [-0.15, -0.1) is 0 Å². The fraction of sp³-hybridized carbons (Fsp3) is 0.625. The van der Waals surface area contributed by atoms with Gasteiger partial charge in [-0.2, -0.15) is 0 Å². The third-order valence-electron chi connectivity index (χ3n) is 5.00. The standard InChI is InChI=1S/C16H20O6/c1-7-13(21-8(2)18)5-12(19)10-4-3-9-11(6-17)16(20)22-15(9)14(7)10/h10,12-15,17,19H,1,3-6H2,2H3/t10?,12-,13+,14+,15+/m1/s1. The highest BCUT2D eigenvalue weighted by Gasteiger charge is 2.52. The van der Waals surface area contributed by atoms with E-state index in [-0.39, 0.29) is 18.4 Å². The topological polar surface area (TPSA) is 93.1 Å². The molecule has 0 bridgehead atoms. The first-order chi connectivity index (χ1) is 10.4. The predicted molar refractivity (Wildman–Crippen MR) is 75.5 cm³/mol. The molecule has 2 N–H and O–H groups in total. The van der Waals surface area contributed by atoms with Crippen LogP contribution in [0.3, 0.4) is 0 Å². The molecule has 2 aliphatic carbocycles. The summed E-state index contributed by atoms with van der Waals surface area (Å²) >= 11 is 0. The Morgan fingerprint density at radius 2 is 2.23 bits per heavy atom. The maximum atomic E-state index is 11.9. The molecule has 0 aromatic carbocycles. The highest BCUT2D eigenvalue weighted by atomic mass is 16.6. The van der Waals surface area contributed by atoms with Crippen LogP contribution in [0.25, 0.3) is 0 Å². The average molecular weight is 308 g/mol. The molecule has 1 heterocycles. The van der Waals surface area contributed by atoms with Gasteiger partial charge >= 0.3 is 11.9 Å². The lowest BCUT2D eigenvalue weighted by Crippen LogP contribution is -2.49. The zero-order valence-electron chi connectivity index (χ0n) is 12.4. The van der Waals surface area contributed by atoms with Crippen LogP contribution in [-0.4, -0.2) is 47.1 Å². The largest absolute Gasteiger partial charge is 0.458 e. The van der Waals surface area contributed by atoms with Crippen molar-refractivity contribution in [3.63, 3.8) is 0 Å². The minimum Gasteiger partial charge on any atom is -0.458 e. The van der Waals surface area contributed by atoms with Crippen molar-refractivity contribution in [2.75, 3.05) is 6.61 Å². The molecular weight excluding hydrogens is 288 g/mol. The Morgan fingerprint density at radius 1 is 1.50 bits per heavy atom. The van der Waals surface area contributed by atoms with Gasteiger partial charge in [0.05, 0.1) is 18.3 Å². The van der Waals surface area contributed by atoms with E-state index in [0.717, 1.165) is 5.57 Å². The van der Waals surface area contributed by atoms with Crippen LogP contribution < -0.4 is 0 Å². The molecule has 0 amide bonds. The molecule has 3 rings (SSSR count). The van der Waals surface area contributed by atoms with E-state index < -0.39 is 30.3 Å². The van der Waals surface area contributed by atoms with Gasteiger partial charge in [0.2, 0.25) is 0 Å². The quantitative estimate of drug-likeness (QED) is 0.569. The first-order valence-electron chi connectivity index (χ1n) is 7.51. The van der Waals surface area contributed by atoms with Gasteiger partial charge in [-0.25, -0.2) is 4.79 Å². The number of carbonyl (C=O) groups excluding carboxylic acids is 2. The summed E-state index contributed by atoms with van der Waals surface area (Å²) < 4.78 is 10.7. The van der Waals surface area contributed by atoms with E-state index in [2.05, 4.69) is 6.58 Å². The lowest BCUT2D eigenvalue weighted by molar-refractivity contribution is -0.153. The van der Waals surface area contributed by atoms with Gasteiger partial charge in [0.1, 0.15) is 12.2 Å². The zero-order chi connectivity index (χ0) is 16.0. The van der Waals surface area contributed by atoms with E-state index in [1.165, 1.54) is 6.92 Å². The molecular formula is C16H20O6. The molecule has 0 saturated heterocycles. The molecule has 0 aromatic rings. The number of carbonyl (C=O) groups is 2. The Bertz CT molecular complexity index is 563. The van der Waals surface area contributed by atoms with Crippen molar-refractivity contribution in [2.24, 2.45) is 11.8 Å². The number of aliphatic hydroxyl groups is 2. The minimum atomic E-state index is -0.627. The van der Waals surface area contributed by atoms with E-state index >= 15 is 0 Å². The normalized spacial score (nSPS) is 37.5. The van der Waals surface area contributed by atoms with E-state index in [1.54, 1.807) is 0 Å². The summed E-state index contributed by atoms with van der Waals surface area (Å²) in [6, 6.07) is 0. The minimum absolute atomic E-state index is 0.0705. The van der Waals surface area contributed by atoms with Crippen LogP contribution in [-0.2, 0) is 19.1 Å². The molecule has 2 fully saturated rings. The fourth-order valence-corrected chi connectivity index (χ4v) is 4.02. The van der Waals surface area contributed by atoms with Crippen LogP contribution in [0.2, 0.25) is 0 Å². The first kappa shape index (κ1) is 15.2. The molecule has 3 aliphatic rings. The molecule has 1 unspecified atom stereocenters. The Labute approximate surface area is 128 Å². The SMILES string of the molecule is C=C1[C@@H](OC(C)=O)C[C@@H](O)C2CCC3=C(CO)C(=O)O[C@@H]3[C@@H]12. The van der Waals surface area contributed by atoms with Gasteiger partial charge in [0, 0.05) is 19.3 Å². The Hall–Kier alpha value is -1.66. The summed E-state index contributed by atoms with van der Waals surface area (Å²) in [6.45, 7) is 5.01. The summed E-state index contributed by atoms with van der Waals surface area (Å²) in [5.41, 5.74) is 1.80.